The van der Waals surface area contributed by atoms with Crippen LogP contribution in [0.25, 0.3) is 0 Å². The van der Waals surface area contributed by atoms with Crippen molar-refractivity contribution in [3.63, 3.8) is 0 Å². The molecular formula is C10H11Cl2NO2. The molecule has 3 nitrogen and oxygen atoms in total. The largest absolute Gasteiger partial charge is 0.495 e. The number of rotatable bonds is 3. The first-order valence-electron chi connectivity index (χ1n) is 4.30. The number of hydrogen-bond acceptors (Lipinski definition) is 3. The molecule has 0 bridgehead atoms. The standard InChI is InChI=1S/C10H11Cl2NO2/c1-5(13)10(14)6-3-8(12)9(15-2)4-7(6)11/h3-5H,13H2,1-2H3. The van der Waals surface area contributed by atoms with Gasteiger partial charge >= 0.3 is 0 Å². The number of carbonyl (C=O) groups is 1. The summed E-state index contributed by atoms with van der Waals surface area (Å²) >= 11 is 11.8. The van der Waals surface area contributed by atoms with E-state index in [4.69, 9.17) is 33.7 Å². The van der Waals surface area contributed by atoms with E-state index >= 15 is 0 Å². The lowest BCUT2D eigenvalue weighted by molar-refractivity contribution is 0.0968. The second-order valence-corrected chi connectivity index (χ2v) is 3.93. The Morgan fingerprint density at radius 2 is 2.00 bits per heavy atom. The van der Waals surface area contributed by atoms with E-state index in [2.05, 4.69) is 0 Å². The van der Waals surface area contributed by atoms with Crippen LogP contribution in [0, 0.1) is 0 Å². The molecular weight excluding hydrogens is 237 g/mol. The maximum absolute atomic E-state index is 11.6. The number of benzene rings is 1. The second-order valence-electron chi connectivity index (χ2n) is 3.12. The monoisotopic (exact) mass is 247 g/mol. The minimum absolute atomic E-state index is 0.246. The molecule has 0 aliphatic carbocycles. The van der Waals surface area contributed by atoms with Crippen LogP contribution in [0.15, 0.2) is 12.1 Å². The summed E-state index contributed by atoms with van der Waals surface area (Å²) in [4.78, 5) is 11.6. The maximum Gasteiger partial charge on any atom is 0.180 e. The molecule has 0 aromatic heterocycles. The summed E-state index contributed by atoms with van der Waals surface area (Å²) < 4.78 is 4.96. The lowest BCUT2D eigenvalue weighted by atomic mass is 10.1. The molecule has 0 spiro atoms. The Morgan fingerprint density at radius 3 is 2.47 bits per heavy atom. The van der Waals surface area contributed by atoms with Crippen molar-refractivity contribution in [1.29, 1.82) is 0 Å². The number of ketones is 1. The molecule has 1 atom stereocenters. The number of ether oxygens (including phenoxy) is 1. The summed E-state index contributed by atoms with van der Waals surface area (Å²) in [5.41, 5.74) is 5.79. The van der Waals surface area contributed by atoms with Gasteiger partial charge < -0.3 is 10.5 Å². The zero-order chi connectivity index (χ0) is 11.6. The summed E-state index contributed by atoms with van der Waals surface area (Å²) in [6.07, 6.45) is 0. The van der Waals surface area contributed by atoms with E-state index in [-0.39, 0.29) is 5.78 Å². The Hall–Kier alpha value is -0.770. The van der Waals surface area contributed by atoms with Gasteiger partial charge in [0.25, 0.3) is 0 Å². The van der Waals surface area contributed by atoms with Gasteiger partial charge in [-0.3, -0.25) is 4.79 Å². The normalized spacial score (nSPS) is 12.3. The summed E-state index contributed by atoms with van der Waals surface area (Å²) in [7, 11) is 1.48. The summed E-state index contributed by atoms with van der Waals surface area (Å²) in [6, 6.07) is 2.36. The smallest absolute Gasteiger partial charge is 0.180 e. The van der Waals surface area contributed by atoms with Gasteiger partial charge in [-0.1, -0.05) is 23.2 Å². The van der Waals surface area contributed by atoms with Crippen LogP contribution in [0.4, 0.5) is 0 Å². The van der Waals surface area contributed by atoms with Crippen molar-refractivity contribution in [3.8, 4) is 5.75 Å². The lowest BCUT2D eigenvalue weighted by Crippen LogP contribution is -2.26. The highest BCUT2D eigenvalue weighted by molar-refractivity contribution is 6.37. The highest BCUT2D eigenvalue weighted by atomic mass is 35.5. The first-order chi connectivity index (χ1) is 6.97. The van der Waals surface area contributed by atoms with Gasteiger partial charge in [0.1, 0.15) is 5.75 Å². The third kappa shape index (κ3) is 2.62. The fourth-order valence-electron chi connectivity index (χ4n) is 1.12. The fourth-order valence-corrected chi connectivity index (χ4v) is 1.61. The zero-order valence-corrected chi connectivity index (χ0v) is 9.89. The number of methoxy groups -OCH3 is 1. The Kier molecular flexibility index (Phi) is 3.97. The van der Waals surface area contributed by atoms with Crippen molar-refractivity contribution in [2.45, 2.75) is 13.0 Å². The minimum atomic E-state index is -0.605. The van der Waals surface area contributed by atoms with Crippen LogP contribution < -0.4 is 10.5 Å². The molecule has 0 aliphatic heterocycles. The third-order valence-corrected chi connectivity index (χ3v) is 2.53. The molecule has 0 saturated heterocycles. The van der Waals surface area contributed by atoms with Crippen molar-refractivity contribution in [3.05, 3.63) is 27.7 Å². The van der Waals surface area contributed by atoms with Gasteiger partial charge in [0.2, 0.25) is 0 Å². The maximum atomic E-state index is 11.6. The zero-order valence-electron chi connectivity index (χ0n) is 8.38. The summed E-state index contributed by atoms with van der Waals surface area (Å²) in [5, 5.41) is 0.629. The van der Waals surface area contributed by atoms with Crippen LogP contribution in [0.2, 0.25) is 10.0 Å². The lowest BCUT2D eigenvalue weighted by Gasteiger charge is -2.09. The molecule has 0 aliphatic rings. The highest BCUT2D eigenvalue weighted by Gasteiger charge is 2.17. The number of hydrogen-bond donors (Lipinski definition) is 1. The van der Waals surface area contributed by atoms with Gasteiger partial charge in [-0.2, -0.15) is 0 Å². The van der Waals surface area contributed by atoms with Gasteiger partial charge in [-0.15, -0.1) is 0 Å². The number of carbonyl (C=O) groups excluding carboxylic acids is 1. The number of nitrogens with two attached hydrogens (primary N) is 1. The van der Waals surface area contributed by atoms with E-state index in [0.29, 0.717) is 21.4 Å². The molecule has 0 saturated carbocycles. The summed E-state index contributed by atoms with van der Waals surface area (Å²) in [5.74, 6) is 0.187. The van der Waals surface area contributed by atoms with Crippen molar-refractivity contribution in [2.75, 3.05) is 7.11 Å². The average Bonchev–Trinajstić information content (AvgIpc) is 2.19. The molecule has 0 fully saturated rings. The number of Topliss-reactive ketones (excluding diaryl/α,β-unsaturated/α-hetero) is 1. The predicted octanol–water partition coefficient (Wildman–Crippen LogP) is 2.53. The quantitative estimate of drug-likeness (QED) is 0.836. The summed E-state index contributed by atoms with van der Waals surface area (Å²) in [6.45, 7) is 1.59. The van der Waals surface area contributed by atoms with Crippen LogP contribution in [-0.4, -0.2) is 18.9 Å². The molecule has 0 heterocycles. The molecule has 0 amide bonds. The molecule has 1 aromatic carbocycles. The van der Waals surface area contributed by atoms with Gasteiger partial charge in [-0.05, 0) is 13.0 Å². The van der Waals surface area contributed by atoms with Crippen LogP contribution in [0.3, 0.4) is 0 Å². The third-order valence-electron chi connectivity index (χ3n) is 1.92. The molecule has 1 unspecified atom stereocenters. The van der Waals surface area contributed by atoms with E-state index in [9.17, 15) is 4.79 Å². The predicted molar refractivity (Wildman–Crippen MR) is 61.0 cm³/mol. The first kappa shape index (κ1) is 12.3. The van der Waals surface area contributed by atoms with Crippen molar-refractivity contribution < 1.29 is 9.53 Å². The molecule has 2 N–H and O–H groups in total. The van der Waals surface area contributed by atoms with Crippen molar-refractivity contribution >= 4 is 29.0 Å². The van der Waals surface area contributed by atoms with E-state index in [0.717, 1.165) is 0 Å². The van der Waals surface area contributed by atoms with Gasteiger partial charge in [0, 0.05) is 11.6 Å². The SMILES string of the molecule is COc1cc(Cl)c(C(=O)C(C)N)cc1Cl. The molecule has 1 aromatic rings. The van der Waals surface area contributed by atoms with E-state index in [1.165, 1.54) is 19.2 Å². The van der Waals surface area contributed by atoms with E-state index < -0.39 is 6.04 Å². The van der Waals surface area contributed by atoms with Gasteiger partial charge in [-0.25, -0.2) is 0 Å². The van der Waals surface area contributed by atoms with Crippen molar-refractivity contribution in [1.82, 2.24) is 0 Å². The molecule has 0 radical (unpaired) electrons. The highest BCUT2D eigenvalue weighted by Crippen LogP contribution is 2.31. The Labute approximate surface area is 98.1 Å². The van der Waals surface area contributed by atoms with Crippen LogP contribution >= 0.6 is 23.2 Å². The van der Waals surface area contributed by atoms with Gasteiger partial charge in [0.15, 0.2) is 5.78 Å². The molecule has 5 heteroatoms. The molecule has 15 heavy (non-hydrogen) atoms. The van der Waals surface area contributed by atoms with E-state index in [1.54, 1.807) is 6.92 Å². The Morgan fingerprint density at radius 1 is 1.40 bits per heavy atom. The van der Waals surface area contributed by atoms with Crippen LogP contribution in [0.5, 0.6) is 5.75 Å². The second kappa shape index (κ2) is 4.84. The van der Waals surface area contributed by atoms with Gasteiger partial charge in [0.05, 0.1) is 23.2 Å². The topological polar surface area (TPSA) is 52.3 Å². The Balaban J connectivity index is 3.22. The van der Waals surface area contributed by atoms with E-state index in [1.807, 2.05) is 0 Å². The average molecular weight is 248 g/mol. The fraction of sp³-hybridized carbons (Fsp3) is 0.300. The molecule has 1 rings (SSSR count). The molecule has 82 valence electrons. The van der Waals surface area contributed by atoms with Crippen molar-refractivity contribution in [2.24, 2.45) is 5.73 Å². The van der Waals surface area contributed by atoms with Crippen LogP contribution in [-0.2, 0) is 0 Å². The Bertz CT molecular complexity index is 391. The first-order valence-corrected chi connectivity index (χ1v) is 5.05. The number of halogens is 2. The van der Waals surface area contributed by atoms with Crippen LogP contribution in [0.1, 0.15) is 17.3 Å². The minimum Gasteiger partial charge on any atom is -0.495 e.